The Kier molecular flexibility index (Phi) is 20.6. The Hall–Kier alpha value is -0.720. The van der Waals surface area contributed by atoms with E-state index in [1.54, 1.807) is 0 Å². The molecule has 27 heteroatoms. The van der Waals surface area contributed by atoms with Crippen molar-refractivity contribution in [2.45, 2.75) is 32.3 Å². The van der Waals surface area contributed by atoms with Crippen LogP contribution < -0.4 is 19.0 Å². The van der Waals surface area contributed by atoms with Gasteiger partial charge in [-0.1, -0.05) is 24.3 Å². The lowest BCUT2D eigenvalue weighted by atomic mass is 9.97. The zero-order valence-electron chi connectivity index (χ0n) is 33.5. The quantitative estimate of drug-likeness (QED) is 0.156. The van der Waals surface area contributed by atoms with Crippen molar-refractivity contribution in [2.24, 2.45) is 0 Å². The van der Waals surface area contributed by atoms with Crippen LogP contribution in [0.3, 0.4) is 0 Å². The maximum Gasteiger partial charge on any atom is 0.449 e. The fourth-order valence-corrected chi connectivity index (χ4v) is 13.8. The summed E-state index contributed by atoms with van der Waals surface area (Å²) in [7, 11) is 14.2. The lowest BCUT2D eigenvalue weighted by molar-refractivity contribution is -0.328. The molecular weight excluding hydrogens is 933 g/mol. The molecule has 0 bridgehead atoms. The summed E-state index contributed by atoms with van der Waals surface area (Å²) in [6.07, 6.45) is 0. The van der Waals surface area contributed by atoms with Crippen LogP contribution in [0.25, 0.3) is 22.1 Å². The number of nitrogens with zero attached hydrogens (tertiary/aromatic N) is 12. The molecule has 17 nitrogen and oxygen atoms in total. The Morgan fingerprint density at radius 3 is 0.965 bits per heavy atom. The zero-order chi connectivity index (χ0) is 43.8. The van der Waals surface area contributed by atoms with Crippen LogP contribution in [0.4, 0.5) is 4.20 Å². The van der Waals surface area contributed by atoms with Crippen LogP contribution in [0.15, 0.2) is 48.5 Å². The van der Waals surface area contributed by atoms with Crippen molar-refractivity contribution in [3.63, 3.8) is 0 Å². The molecule has 1 saturated carbocycles. The molecule has 4 aromatic rings. The highest BCUT2D eigenvalue weighted by Gasteiger charge is 2.55. The molecule has 1 fully saturated rings. The van der Waals surface area contributed by atoms with Gasteiger partial charge in [-0.05, 0) is 44.4 Å². The minimum Gasteiger partial charge on any atom is -0.786 e. The first kappa shape index (κ1) is 52.4. The molecule has 0 spiro atoms. The largest absolute Gasteiger partial charge is 0.786 e. The van der Waals surface area contributed by atoms with Gasteiger partial charge in [0.1, 0.15) is 30.0 Å². The maximum atomic E-state index is 10.1. The highest BCUT2D eigenvalue weighted by atomic mass is 35.5. The highest BCUT2D eigenvalue weighted by molar-refractivity contribution is 7.64. The predicted octanol–water partition coefficient (Wildman–Crippen LogP) is 4.87. The summed E-state index contributed by atoms with van der Waals surface area (Å²) >= 11 is 35.3. The Morgan fingerprint density at radius 2 is 0.754 bits per heavy atom. The molecule has 1 aliphatic carbocycles. The lowest BCUT2D eigenvalue weighted by Crippen LogP contribution is -2.52. The first-order valence-corrected chi connectivity index (χ1v) is 23.9. The van der Waals surface area contributed by atoms with Gasteiger partial charge >= 0.3 is 15.9 Å². The molecule has 0 aliphatic heterocycles. The molecule has 0 unspecified atom stereocenters. The van der Waals surface area contributed by atoms with Gasteiger partial charge in [-0.2, -0.15) is 9.25 Å². The molecule has 0 atom stereocenters. The average Bonchev–Trinajstić information content (AvgIpc) is 3.73. The second-order valence-corrected chi connectivity index (χ2v) is 24.3. The number of halogens is 7. The van der Waals surface area contributed by atoms with E-state index in [2.05, 4.69) is 48.6 Å². The van der Waals surface area contributed by atoms with Crippen LogP contribution in [0.2, 0.25) is 0 Å². The second kappa shape index (κ2) is 22.4. The first-order chi connectivity index (χ1) is 26.2. The molecule has 2 heterocycles. The third-order valence-corrected chi connectivity index (χ3v) is 19.0. The Balaban J connectivity index is 0.000000286. The van der Waals surface area contributed by atoms with Crippen molar-refractivity contribution >= 4 is 115 Å². The van der Waals surface area contributed by atoms with E-state index in [-0.39, 0.29) is 0 Å². The molecule has 0 radical (unpaired) electrons. The topological polar surface area (TPSA) is 163 Å². The number of benzene rings is 2. The number of fused-ring (bicyclic) bond motifs is 2. The Morgan fingerprint density at radius 1 is 0.544 bits per heavy atom. The number of rotatable bonds is 10. The average molecular weight is 983 g/mol. The number of hydrogen-bond donors (Lipinski definition) is 0. The Bertz CT molecular complexity index is 1670. The summed E-state index contributed by atoms with van der Waals surface area (Å²) in [6, 6.07) is 15.5. The summed E-state index contributed by atoms with van der Waals surface area (Å²) in [4.78, 5) is 19.9. The van der Waals surface area contributed by atoms with E-state index in [0.717, 1.165) is 22.1 Å². The molecule has 0 N–H and O–H groups in total. The summed E-state index contributed by atoms with van der Waals surface area (Å²) in [6.45, 7) is 0. The second-order valence-electron chi connectivity index (χ2n) is 13.3. The number of para-hydroxylation sites is 2. The van der Waals surface area contributed by atoms with Crippen LogP contribution >= 0.6 is 93.4 Å². The van der Waals surface area contributed by atoms with Gasteiger partial charge in [0.05, 0.1) is 32.3 Å². The van der Waals surface area contributed by atoms with E-state index in [1.807, 2.05) is 133 Å². The van der Waals surface area contributed by atoms with Crippen LogP contribution in [0.1, 0.15) is 0 Å². The SMILES string of the molecule is CN(C)[P+](On1nnc2ccccc21)(N(C)C)N(C)C.CN(C)[P+](On1nnc2ccccc21)(N(C)C)N(C)C.ClC1C(Cl)C(Cl)C(Cl)C(Cl)C1Cl.O=P([O-])([O-])F. The van der Waals surface area contributed by atoms with Gasteiger partial charge in [-0.25, -0.2) is 4.20 Å². The van der Waals surface area contributed by atoms with E-state index in [1.165, 1.54) is 9.69 Å². The molecule has 2 aromatic heterocycles. The number of alkyl halides is 6. The zero-order valence-corrected chi connectivity index (χ0v) is 40.7. The van der Waals surface area contributed by atoms with Crippen LogP contribution in [0.5, 0.6) is 0 Å². The molecule has 2 aromatic carbocycles. The van der Waals surface area contributed by atoms with E-state index in [4.69, 9.17) is 93.2 Å². The fraction of sp³-hybridized carbons (Fsp3) is 0.600. The third-order valence-electron chi connectivity index (χ3n) is 7.97. The number of aromatic nitrogens is 6. The first-order valence-electron chi connectivity index (χ1n) is 16.7. The van der Waals surface area contributed by atoms with Gasteiger partial charge in [0.25, 0.3) is 0 Å². The van der Waals surface area contributed by atoms with Gasteiger partial charge in [0.2, 0.25) is 0 Å². The van der Waals surface area contributed by atoms with Crippen molar-refractivity contribution in [1.82, 2.24) is 58.3 Å². The van der Waals surface area contributed by atoms with Crippen LogP contribution in [-0.4, -0.2) is 175 Å². The maximum absolute atomic E-state index is 10.1. The van der Waals surface area contributed by atoms with Crippen molar-refractivity contribution in [1.29, 1.82) is 0 Å². The summed E-state index contributed by atoms with van der Waals surface area (Å²) in [5.74, 6) is 0. The van der Waals surface area contributed by atoms with Gasteiger partial charge in [-0.15, -0.1) is 108 Å². The van der Waals surface area contributed by atoms with Gasteiger partial charge < -0.3 is 14.4 Å². The summed E-state index contributed by atoms with van der Waals surface area (Å²) in [5, 5.41) is 13.9. The van der Waals surface area contributed by atoms with Crippen LogP contribution in [0, 0.1) is 0 Å². The monoisotopic (exact) mass is 980 g/mol. The van der Waals surface area contributed by atoms with Gasteiger partial charge in [0.15, 0.2) is 0 Å². The molecule has 1 aliphatic rings. The standard InChI is InChI=1S/2C12H22N6OP.C6H6Cl6.FH2O3P/c2*1-15(2)20(16(3)4,17(5)6)19-18-12-10-8-7-9-11(12)13-14-18;7-1-2(8)4(10)6(12)5(11)3(1)9;1-5(2,3)4/h2*7-10H,1-6H3;1-6H;(H2,2,3,4)/q2*+1;;/p-2. The molecule has 0 amide bonds. The normalized spacial score (nSPS) is 21.7. The van der Waals surface area contributed by atoms with E-state index in [9.17, 15) is 4.20 Å². The molecular formula is C30H50Cl6FN12O5P3. The predicted molar refractivity (Wildman–Crippen MR) is 231 cm³/mol. The van der Waals surface area contributed by atoms with Crippen molar-refractivity contribution < 1.29 is 27.8 Å². The fourth-order valence-electron chi connectivity index (χ4n) is 5.66. The highest BCUT2D eigenvalue weighted by Crippen LogP contribution is 2.62. The smallest absolute Gasteiger partial charge is 0.449 e. The molecule has 57 heavy (non-hydrogen) atoms. The minimum absolute atomic E-state index is 0.437. The van der Waals surface area contributed by atoms with E-state index in [0.29, 0.717) is 0 Å². The van der Waals surface area contributed by atoms with Crippen molar-refractivity contribution in [2.75, 3.05) is 84.6 Å². The lowest BCUT2D eigenvalue weighted by Gasteiger charge is -2.37. The molecule has 0 saturated heterocycles. The van der Waals surface area contributed by atoms with Crippen molar-refractivity contribution in [3.05, 3.63) is 48.5 Å². The van der Waals surface area contributed by atoms with E-state index >= 15 is 0 Å². The van der Waals surface area contributed by atoms with Gasteiger partial charge in [-0.3, -0.25) is 0 Å². The van der Waals surface area contributed by atoms with E-state index < -0.39 is 56.1 Å². The minimum atomic E-state index is -5.64. The summed E-state index contributed by atoms with van der Waals surface area (Å²) < 4.78 is 43.6. The summed E-state index contributed by atoms with van der Waals surface area (Å²) in [5.41, 5.74) is 3.37. The molecule has 5 rings (SSSR count). The van der Waals surface area contributed by atoms with Crippen molar-refractivity contribution in [3.8, 4) is 0 Å². The van der Waals surface area contributed by atoms with Crippen LogP contribution in [-0.2, 0) is 4.57 Å². The third kappa shape index (κ3) is 13.1. The molecule has 324 valence electrons. The Labute approximate surface area is 365 Å². The number of hydrogen-bond acceptors (Lipinski definition) is 15. The van der Waals surface area contributed by atoms with Gasteiger partial charge in [0, 0.05) is 84.6 Å².